The number of rotatable bonds is 3. The van der Waals surface area contributed by atoms with Gasteiger partial charge in [0.15, 0.2) is 9.84 Å². The van der Waals surface area contributed by atoms with Gasteiger partial charge in [-0.25, -0.2) is 13.4 Å². The molecule has 1 aromatic rings. The zero-order valence-electron chi connectivity index (χ0n) is 9.48. The fraction of sp³-hybridized carbons (Fsp3) is 0.200. The van der Waals surface area contributed by atoms with Crippen molar-refractivity contribution in [2.45, 2.75) is 6.04 Å². The highest BCUT2D eigenvalue weighted by Crippen LogP contribution is 2.27. The Hall–Kier alpha value is -2.47. The number of anilines is 1. The molecule has 2 heterocycles. The molecule has 0 amide bonds. The van der Waals surface area contributed by atoms with E-state index in [0.717, 1.165) is 5.41 Å². The Balaban J connectivity index is 2.34. The van der Waals surface area contributed by atoms with Gasteiger partial charge in [0.25, 0.3) is 0 Å². The van der Waals surface area contributed by atoms with Gasteiger partial charge < -0.3 is 5.32 Å². The number of aromatic nitrogens is 1. The lowest BCUT2D eigenvalue weighted by atomic mass is 10.2. The van der Waals surface area contributed by atoms with E-state index in [9.17, 15) is 18.5 Å². The van der Waals surface area contributed by atoms with Gasteiger partial charge in [-0.05, 0) is 12.1 Å². The Kier molecular flexibility index (Phi) is 3.18. The van der Waals surface area contributed by atoms with Crippen LogP contribution in [-0.4, -0.2) is 30.1 Å². The van der Waals surface area contributed by atoms with Crippen LogP contribution in [0, 0.1) is 21.4 Å². The smallest absolute Gasteiger partial charge is 0.328 e. The molecule has 0 aromatic carbocycles. The Labute approximate surface area is 108 Å². The van der Waals surface area contributed by atoms with Gasteiger partial charge >= 0.3 is 5.69 Å². The first-order chi connectivity index (χ1) is 8.93. The molecule has 0 bridgehead atoms. The molecule has 98 valence electrons. The summed E-state index contributed by atoms with van der Waals surface area (Å²) in [5.41, 5.74) is -0.588. The summed E-state index contributed by atoms with van der Waals surface area (Å²) in [5, 5.41) is 23.5. The summed E-state index contributed by atoms with van der Waals surface area (Å²) in [5.74, 6) is -0.307. The van der Waals surface area contributed by atoms with Crippen LogP contribution < -0.4 is 5.32 Å². The van der Waals surface area contributed by atoms with E-state index in [1.165, 1.54) is 18.3 Å². The SMILES string of the molecule is N#Cc1ccnc(NC2C=CS(=O)(=O)C2)c1[N+](=O)[O-]. The fourth-order valence-electron chi connectivity index (χ4n) is 1.68. The molecule has 1 unspecified atom stereocenters. The largest absolute Gasteiger partial charge is 0.357 e. The number of nitrogens with zero attached hydrogens (tertiary/aromatic N) is 3. The van der Waals surface area contributed by atoms with Gasteiger partial charge in [-0.2, -0.15) is 5.26 Å². The minimum atomic E-state index is -3.27. The van der Waals surface area contributed by atoms with Crippen LogP contribution in [0.2, 0.25) is 0 Å². The first kappa shape index (κ1) is 13.0. The van der Waals surface area contributed by atoms with E-state index < -0.39 is 26.5 Å². The molecule has 1 N–H and O–H groups in total. The third-order valence-corrected chi connectivity index (χ3v) is 3.88. The average molecular weight is 280 g/mol. The number of sulfone groups is 1. The minimum Gasteiger partial charge on any atom is -0.357 e. The Bertz CT molecular complexity index is 705. The molecule has 0 fully saturated rings. The van der Waals surface area contributed by atoms with Crippen LogP contribution in [0.15, 0.2) is 23.7 Å². The predicted molar refractivity (Wildman–Crippen MR) is 65.9 cm³/mol. The predicted octanol–water partition coefficient (Wildman–Crippen LogP) is 0.584. The molecule has 1 aliphatic heterocycles. The van der Waals surface area contributed by atoms with E-state index in [2.05, 4.69) is 10.3 Å². The molecule has 0 saturated carbocycles. The van der Waals surface area contributed by atoms with Gasteiger partial charge in [0, 0.05) is 11.6 Å². The molecule has 0 aliphatic carbocycles. The normalized spacial score (nSPS) is 19.8. The summed E-state index contributed by atoms with van der Waals surface area (Å²) in [7, 11) is -3.27. The molecule has 1 aromatic heterocycles. The van der Waals surface area contributed by atoms with Gasteiger partial charge in [0.1, 0.15) is 11.6 Å². The van der Waals surface area contributed by atoms with E-state index >= 15 is 0 Å². The molecule has 1 aliphatic rings. The molecular weight excluding hydrogens is 272 g/mol. The van der Waals surface area contributed by atoms with Crippen LogP contribution in [0.4, 0.5) is 11.5 Å². The Morgan fingerprint density at radius 3 is 2.84 bits per heavy atom. The molecule has 9 heteroatoms. The van der Waals surface area contributed by atoms with E-state index in [4.69, 9.17) is 5.26 Å². The second-order valence-corrected chi connectivity index (χ2v) is 5.76. The van der Waals surface area contributed by atoms with Crippen LogP contribution in [0.5, 0.6) is 0 Å². The second kappa shape index (κ2) is 4.66. The van der Waals surface area contributed by atoms with E-state index in [0.29, 0.717) is 0 Å². The molecule has 19 heavy (non-hydrogen) atoms. The van der Waals surface area contributed by atoms with Crippen molar-refractivity contribution in [3.05, 3.63) is 39.4 Å². The number of pyridine rings is 1. The van der Waals surface area contributed by atoms with Gasteiger partial charge in [0.05, 0.1) is 16.7 Å². The van der Waals surface area contributed by atoms with Crippen molar-refractivity contribution in [1.29, 1.82) is 5.26 Å². The zero-order valence-corrected chi connectivity index (χ0v) is 10.3. The topological polar surface area (TPSA) is 126 Å². The second-order valence-electron chi connectivity index (χ2n) is 3.83. The first-order valence-corrected chi connectivity index (χ1v) is 6.85. The van der Waals surface area contributed by atoms with Crippen LogP contribution in [-0.2, 0) is 9.84 Å². The van der Waals surface area contributed by atoms with E-state index in [1.54, 1.807) is 6.07 Å². The van der Waals surface area contributed by atoms with Gasteiger partial charge in [-0.15, -0.1) is 0 Å². The quantitative estimate of drug-likeness (QED) is 0.634. The van der Waals surface area contributed by atoms with E-state index in [1.807, 2.05) is 0 Å². The Morgan fingerprint density at radius 2 is 2.32 bits per heavy atom. The highest BCUT2D eigenvalue weighted by atomic mass is 32.2. The number of nitriles is 1. The summed E-state index contributed by atoms with van der Waals surface area (Å²) >= 11 is 0. The summed E-state index contributed by atoms with van der Waals surface area (Å²) in [6.07, 6.45) is 2.64. The van der Waals surface area contributed by atoms with Crippen LogP contribution in [0.3, 0.4) is 0 Å². The highest BCUT2D eigenvalue weighted by molar-refractivity contribution is 7.94. The number of nitro groups is 1. The maximum atomic E-state index is 11.2. The van der Waals surface area contributed by atoms with Crippen LogP contribution in [0.25, 0.3) is 0 Å². The van der Waals surface area contributed by atoms with Crippen molar-refractivity contribution in [3.63, 3.8) is 0 Å². The van der Waals surface area contributed by atoms with Crippen molar-refractivity contribution in [1.82, 2.24) is 4.98 Å². The summed E-state index contributed by atoms with van der Waals surface area (Å²) in [4.78, 5) is 14.0. The first-order valence-electron chi connectivity index (χ1n) is 5.14. The summed E-state index contributed by atoms with van der Waals surface area (Å²) in [6.45, 7) is 0. The number of hydrogen-bond donors (Lipinski definition) is 1. The lowest BCUT2D eigenvalue weighted by molar-refractivity contribution is -0.384. The Morgan fingerprint density at radius 1 is 1.58 bits per heavy atom. The van der Waals surface area contributed by atoms with Crippen LogP contribution >= 0.6 is 0 Å². The summed E-state index contributed by atoms with van der Waals surface area (Å²) < 4.78 is 22.5. The van der Waals surface area contributed by atoms with Crippen molar-refractivity contribution in [2.75, 3.05) is 11.1 Å². The van der Waals surface area contributed by atoms with Crippen LogP contribution in [0.1, 0.15) is 5.56 Å². The third-order valence-electron chi connectivity index (χ3n) is 2.48. The summed E-state index contributed by atoms with van der Waals surface area (Å²) in [6, 6.07) is 2.33. The average Bonchev–Trinajstić information content (AvgIpc) is 2.68. The third kappa shape index (κ3) is 2.69. The lowest BCUT2D eigenvalue weighted by Crippen LogP contribution is -2.22. The van der Waals surface area contributed by atoms with Gasteiger partial charge in [0.2, 0.25) is 5.82 Å². The van der Waals surface area contributed by atoms with Gasteiger partial charge in [-0.3, -0.25) is 10.1 Å². The minimum absolute atomic E-state index is 0.115. The lowest BCUT2D eigenvalue weighted by Gasteiger charge is -2.10. The maximum absolute atomic E-state index is 11.2. The molecule has 2 rings (SSSR count). The molecule has 0 spiro atoms. The number of nitrogens with one attached hydrogen (secondary N) is 1. The molecule has 1 atom stereocenters. The van der Waals surface area contributed by atoms with Crippen molar-refractivity contribution < 1.29 is 13.3 Å². The maximum Gasteiger partial charge on any atom is 0.328 e. The fourth-order valence-corrected chi connectivity index (χ4v) is 2.91. The molecule has 8 nitrogen and oxygen atoms in total. The van der Waals surface area contributed by atoms with Crippen molar-refractivity contribution >= 4 is 21.3 Å². The van der Waals surface area contributed by atoms with Gasteiger partial charge in [-0.1, -0.05) is 0 Å². The van der Waals surface area contributed by atoms with Crippen molar-refractivity contribution in [2.24, 2.45) is 0 Å². The standard InChI is InChI=1S/C10H8N4O4S/c11-5-7-1-3-12-10(9(7)14(15)16)13-8-2-4-19(17,18)6-8/h1-4,8H,6H2,(H,12,13). The number of hydrogen-bond acceptors (Lipinski definition) is 7. The highest BCUT2D eigenvalue weighted by Gasteiger charge is 2.26. The molecule has 0 saturated heterocycles. The van der Waals surface area contributed by atoms with Crippen molar-refractivity contribution in [3.8, 4) is 6.07 Å². The van der Waals surface area contributed by atoms with E-state index in [-0.39, 0.29) is 17.1 Å². The zero-order chi connectivity index (χ0) is 14.0. The molecule has 0 radical (unpaired) electrons. The monoisotopic (exact) mass is 280 g/mol. The molecular formula is C10H8N4O4S.